The first kappa shape index (κ1) is 21.5. The molecule has 162 valence electrons. The number of benzene rings is 4. The number of nitrogens with zero attached hydrogens (tertiary/aromatic N) is 2. The average Bonchev–Trinajstić information content (AvgIpc) is 3.28. The first-order valence-corrected chi connectivity index (χ1v) is 11.1. The number of fused-ring (bicyclic) bond motifs is 2. The Bertz CT molecular complexity index is 1600. The predicted molar refractivity (Wildman–Crippen MR) is 132 cm³/mol. The second-order valence-electron chi connectivity index (χ2n) is 7.55. The van der Waals surface area contributed by atoms with Crippen LogP contribution in [-0.4, -0.2) is 15.1 Å². The van der Waals surface area contributed by atoms with Gasteiger partial charge < -0.3 is 5.11 Å². The first-order valence-electron chi connectivity index (χ1n) is 10.3. The maximum absolute atomic E-state index is 10.3. The second kappa shape index (κ2) is 8.90. The van der Waals surface area contributed by atoms with E-state index in [1.54, 1.807) is 17.4 Å². The fourth-order valence-electron chi connectivity index (χ4n) is 4.03. The van der Waals surface area contributed by atoms with E-state index in [1.165, 1.54) is 0 Å². The quantitative estimate of drug-likeness (QED) is 0.210. The Morgan fingerprint density at radius 2 is 1.48 bits per heavy atom. The van der Waals surface area contributed by atoms with E-state index in [0.29, 0.717) is 0 Å². The van der Waals surface area contributed by atoms with Gasteiger partial charge in [-0.05, 0) is 35.0 Å². The number of aromatic nitrogens is 2. The van der Waals surface area contributed by atoms with E-state index in [4.69, 9.17) is 4.98 Å². The van der Waals surface area contributed by atoms with Crippen LogP contribution in [0.1, 0.15) is 0 Å². The molecule has 0 saturated heterocycles. The SMILES string of the molecule is Oc1ccccc1-c1nc2c(-c3[c-]c(-c4nccc5ccccc45)ccc3)cccc2s1.[Pt]. The van der Waals surface area contributed by atoms with E-state index in [0.717, 1.165) is 53.9 Å². The third-order valence-corrected chi connectivity index (χ3v) is 6.62. The third-order valence-electron chi connectivity index (χ3n) is 5.57. The Morgan fingerprint density at radius 1 is 0.727 bits per heavy atom. The summed E-state index contributed by atoms with van der Waals surface area (Å²) in [4.78, 5) is 9.55. The molecular formula is C28H17N2OPtS-. The molecule has 3 nitrogen and oxygen atoms in total. The van der Waals surface area contributed by atoms with Crippen molar-refractivity contribution in [2.24, 2.45) is 0 Å². The molecule has 33 heavy (non-hydrogen) atoms. The number of rotatable bonds is 3. The van der Waals surface area contributed by atoms with Gasteiger partial charge in [0.1, 0.15) is 10.8 Å². The van der Waals surface area contributed by atoms with Crippen molar-refractivity contribution in [3.63, 3.8) is 0 Å². The summed E-state index contributed by atoms with van der Waals surface area (Å²) in [5, 5.41) is 13.3. The van der Waals surface area contributed by atoms with Crippen molar-refractivity contribution < 1.29 is 26.2 Å². The number of para-hydroxylation sites is 2. The Labute approximate surface area is 209 Å². The van der Waals surface area contributed by atoms with Crippen molar-refractivity contribution in [3.8, 4) is 38.7 Å². The van der Waals surface area contributed by atoms with Crippen molar-refractivity contribution in [2.75, 3.05) is 0 Å². The zero-order chi connectivity index (χ0) is 21.5. The second-order valence-corrected chi connectivity index (χ2v) is 8.58. The molecule has 0 aliphatic rings. The monoisotopic (exact) mass is 624 g/mol. The summed E-state index contributed by atoms with van der Waals surface area (Å²) >= 11 is 1.58. The van der Waals surface area contributed by atoms with Crippen LogP contribution in [0.3, 0.4) is 0 Å². The zero-order valence-corrected chi connectivity index (χ0v) is 20.4. The Hall–Kier alpha value is -3.33. The summed E-state index contributed by atoms with van der Waals surface area (Å²) in [6, 6.07) is 33.5. The number of aromatic hydroxyl groups is 1. The van der Waals surface area contributed by atoms with Crippen LogP contribution in [0.2, 0.25) is 0 Å². The van der Waals surface area contributed by atoms with Gasteiger partial charge in [-0.15, -0.1) is 41.2 Å². The number of phenolic OH excluding ortho intramolecular Hbond substituents is 1. The van der Waals surface area contributed by atoms with Crippen LogP contribution < -0.4 is 0 Å². The Kier molecular flexibility index (Phi) is 5.80. The van der Waals surface area contributed by atoms with Crippen LogP contribution in [0, 0.1) is 6.07 Å². The summed E-state index contributed by atoms with van der Waals surface area (Å²) < 4.78 is 1.07. The molecule has 0 unspecified atom stereocenters. The fraction of sp³-hybridized carbons (Fsp3) is 0. The largest absolute Gasteiger partial charge is 0.507 e. The molecule has 2 heterocycles. The molecule has 2 aromatic heterocycles. The maximum atomic E-state index is 10.3. The van der Waals surface area contributed by atoms with Gasteiger partial charge >= 0.3 is 0 Å². The minimum atomic E-state index is 0. The molecule has 0 saturated carbocycles. The van der Waals surface area contributed by atoms with E-state index in [2.05, 4.69) is 41.4 Å². The smallest absolute Gasteiger partial charge is 0.127 e. The Balaban J connectivity index is 0.00000228. The summed E-state index contributed by atoms with van der Waals surface area (Å²) in [6.07, 6.45) is 1.85. The normalized spacial score (nSPS) is 10.9. The first-order chi connectivity index (χ1) is 15.8. The summed E-state index contributed by atoms with van der Waals surface area (Å²) in [5.41, 5.74) is 5.52. The zero-order valence-electron chi connectivity index (χ0n) is 17.3. The van der Waals surface area contributed by atoms with Crippen LogP contribution in [0.15, 0.2) is 97.2 Å². The average molecular weight is 625 g/mol. The predicted octanol–water partition coefficient (Wildman–Crippen LogP) is 7.35. The number of pyridine rings is 1. The van der Waals surface area contributed by atoms with Crippen LogP contribution in [0.25, 0.3) is 53.9 Å². The molecule has 0 bridgehead atoms. The molecule has 6 aromatic rings. The van der Waals surface area contributed by atoms with Gasteiger partial charge in [-0.3, -0.25) is 4.98 Å². The minimum absolute atomic E-state index is 0. The van der Waals surface area contributed by atoms with Crippen LogP contribution in [-0.2, 0) is 21.1 Å². The van der Waals surface area contributed by atoms with Crippen LogP contribution in [0.4, 0.5) is 0 Å². The molecule has 0 aliphatic carbocycles. The molecule has 0 fully saturated rings. The number of hydrogen-bond donors (Lipinski definition) is 1. The molecule has 0 aliphatic heterocycles. The van der Waals surface area contributed by atoms with Crippen LogP contribution in [0.5, 0.6) is 5.75 Å². The van der Waals surface area contributed by atoms with E-state index >= 15 is 0 Å². The van der Waals surface area contributed by atoms with E-state index in [1.807, 2.05) is 60.8 Å². The molecule has 0 atom stereocenters. The van der Waals surface area contributed by atoms with E-state index < -0.39 is 0 Å². The Morgan fingerprint density at radius 3 is 2.39 bits per heavy atom. The minimum Gasteiger partial charge on any atom is -0.507 e. The molecule has 5 heteroatoms. The number of thiazole rings is 1. The van der Waals surface area contributed by atoms with Crippen molar-refractivity contribution in [1.82, 2.24) is 9.97 Å². The molecule has 1 N–H and O–H groups in total. The molecule has 0 amide bonds. The summed E-state index contributed by atoms with van der Waals surface area (Å²) in [7, 11) is 0. The van der Waals surface area contributed by atoms with Gasteiger partial charge in [-0.1, -0.05) is 59.7 Å². The van der Waals surface area contributed by atoms with Crippen molar-refractivity contribution in [2.45, 2.75) is 0 Å². The molecule has 0 spiro atoms. The molecule has 4 aromatic carbocycles. The van der Waals surface area contributed by atoms with Gasteiger partial charge in [0.15, 0.2) is 0 Å². The molecule has 0 radical (unpaired) electrons. The standard InChI is InChI=1S/C28H17N2OS.Pt/c31-24-13-4-3-11-23(24)28-30-27-22(12-6-14-25(27)32-28)19-8-5-9-20(17-19)26-21-10-2-1-7-18(21)15-16-29-26;/h1-16,31H;/q-1;. The summed E-state index contributed by atoms with van der Waals surface area (Å²) in [5.74, 6) is 0.240. The van der Waals surface area contributed by atoms with Gasteiger partial charge in [0.2, 0.25) is 0 Å². The van der Waals surface area contributed by atoms with Crippen molar-refractivity contribution >= 4 is 32.3 Å². The molecular weight excluding hydrogens is 607 g/mol. The number of hydrogen-bond acceptors (Lipinski definition) is 4. The van der Waals surface area contributed by atoms with Gasteiger partial charge in [-0.25, -0.2) is 4.98 Å². The molecule has 6 rings (SSSR count). The van der Waals surface area contributed by atoms with Gasteiger partial charge in [0.25, 0.3) is 0 Å². The van der Waals surface area contributed by atoms with Crippen molar-refractivity contribution in [1.29, 1.82) is 0 Å². The summed E-state index contributed by atoms with van der Waals surface area (Å²) in [6.45, 7) is 0. The van der Waals surface area contributed by atoms with Crippen LogP contribution >= 0.6 is 11.3 Å². The van der Waals surface area contributed by atoms with Crippen molar-refractivity contribution in [3.05, 3.63) is 103 Å². The topological polar surface area (TPSA) is 46.0 Å². The van der Waals surface area contributed by atoms with Gasteiger partial charge in [0, 0.05) is 37.7 Å². The van der Waals surface area contributed by atoms with E-state index in [-0.39, 0.29) is 26.8 Å². The third kappa shape index (κ3) is 3.86. The van der Waals surface area contributed by atoms with Gasteiger partial charge in [0.05, 0.1) is 11.1 Å². The maximum Gasteiger partial charge on any atom is 0.127 e. The number of phenols is 1. The fourth-order valence-corrected chi connectivity index (χ4v) is 5.06. The van der Waals surface area contributed by atoms with Gasteiger partial charge in [-0.2, -0.15) is 0 Å². The van der Waals surface area contributed by atoms with E-state index in [9.17, 15) is 5.11 Å².